The Morgan fingerprint density at radius 1 is 1.15 bits per heavy atom. The Morgan fingerprint density at radius 3 is 2.60 bits per heavy atom. The van der Waals surface area contributed by atoms with Crippen molar-refractivity contribution in [2.45, 2.75) is 12.5 Å². The zero-order valence-electron chi connectivity index (χ0n) is 11.3. The Hall–Kier alpha value is -0.680. The lowest BCUT2D eigenvalue weighted by atomic mass is 9.89. The fourth-order valence-electron chi connectivity index (χ4n) is 3.06. The van der Waals surface area contributed by atoms with Crippen molar-refractivity contribution < 1.29 is 0 Å². The van der Waals surface area contributed by atoms with Crippen LogP contribution in [0.4, 0.5) is 0 Å². The first-order valence-electron chi connectivity index (χ1n) is 6.98. The van der Waals surface area contributed by atoms with Gasteiger partial charge in [-0.15, -0.1) is 11.3 Å². The smallest absolute Gasteiger partial charge is 0.0701 e. The summed E-state index contributed by atoms with van der Waals surface area (Å²) < 4.78 is 1.21. The summed E-state index contributed by atoms with van der Waals surface area (Å²) in [5.74, 6) is 1.14. The van der Waals surface area contributed by atoms with Crippen LogP contribution in [0.3, 0.4) is 0 Å². The van der Waals surface area contributed by atoms with Crippen molar-refractivity contribution in [1.82, 2.24) is 4.90 Å². The molecule has 0 saturated carbocycles. The molecule has 106 valence electrons. The molecule has 0 unspecified atom stereocenters. The molecule has 0 amide bonds. The summed E-state index contributed by atoms with van der Waals surface area (Å²) in [6.45, 7) is 4.02. The first-order chi connectivity index (χ1) is 9.76. The van der Waals surface area contributed by atoms with Crippen LogP contribution in [-0.2, 0) is 6.54 Å². The van der Waals surface area contributed by atoms with Crippen LogP contribution in [0.2, 0.25) is 0 Å². The zero-order valence-corrected chi connectivity index (χ0v) is 13.7. The number of benzene rings is 1. The molecule has 4 heteroatoms. The average Bonchev–Trinajstić information content (AvgIpc) is 3.06. The Kier molecular flexibility index (Phi) is 4.56. The van der Waals surface area contributed by atoms with E-state index in [1.54, 1.807) is 0 Å². The quantitative estimate of drug-likeness (QED) is 0.910. The van der Waals surface area contributed by atoms with Crippen LogP contribution >= 0.6 is 27.3 Å². The van der Waals surface area contributed by atoms with Gasteiger partial charge in [0.05, 0.1) is 3.79 Å². The van der Waals surface area contributed by atoms with Crippen molar-refractivity contribution in [2.75, 3.05) is 19.6 Å². The Bertz CT molecular complexity index is 555. The molecule has 1 fully saturated rings. The van der Waals surface area contributed by atoms with E-state index in [9.17, 15) is 0 Å². The number of nitrogens with two attached hydrogens (primary N) is 1. The number of likely N-dealkylation sites (tertiary alicyclic amines) is 1. The summed E-state index contributed by atoms with van der Waals surface area (Å²) in [4.78, 5) is 3.95. The number of hydrogen-bond donors (Lipinski definition) is 1. The van der Waals surface area contributed by atoms with Gasteiger partial charge in [-0.05, 0) is 46.1 Å². The van der Waals surface area contributed by atoms with Crippen molar-refractivity contribution in [3.63, 3.8) is 0 Å². The number of hydrogen-bond acceptors (Lipinski definition) is 3. The highest BCUT2D eigenvalue weighted by molar-refractivity contribution is 9.11. The van der Waals surface area contributed by atoms with Crippen molar-refractivity contribution in [3.8, 4) is 0 Å². The summed E-state index contributed by atoms with van der Waals surface area (Å²) in [6.07, 6.45) is 0. The second-order valence-corrected chi connectivity index (χ2v) is 7.96. The SMILES string of the molecule is NC[C@@H]1CN(Cc2ccc(Br)s2)C[C@H]1c1ccccc1. The third kappa shape index (κ3) is 3.14. The van der Waals surface area contributed by atoms with E-state index in [4.69, 9.17) is 5.73 Å². The molecule has 2 N–H and O–H groups in total. The monoisotopic (exact) mass is 350 g/mol. The molecule has 3 rings (SSSR count). The van der Waals surface area contributed by atoms with Gasteiger partial charge in [-0.2, -0.15) is 0 Å². The van der Waals surface area contributed by atoms with E-state index in [1.807, 2.05) is 11.3 Å². The van der Waals surface area contributed by atoms with Crippen LogP contribution in [-0.4, -0.2) is 24.5 Å². The lowest BCUT2D eigenvalue weighted by Gasteiger charge is -2.16. The topological polar surface area (TPSA) is 29.3 Å². The van der Waals surface area contributed by atoms with Crippen molar-refractivity contribution in [2.24, 2.45) is 11.7 Å². The molecule has 1 aliphatic rings. The minimum absolute atomic E-state index is 0.570. The van der Waals surface area contributed by atoms with Gasteiger partial charge in [-0.1, -0.05) is 30.3 Å². The molecule has 2 heterocycles. The first-order valence-corrected chi connectivity index (χ1v) is 8.59. The maximum absolute atomic E-state index is 5.99. The van der Waals surface area contributed by atoms with Gasteiger partial charge in [0, 0.05) is 30.4 Å². The van der Waals surface area contributed by atoms with Gasteiger partial charge < -0.3 is 5.73 Å². The van der Waals surface area contributed by atoms with Gasteiger partial charge in [-0.3, -0.25) is 4.90 Å². The van der Waals surface area contributed by atoms with Crippen molar-refractivity contribution in [1.29, 1.82) is 0 Å². The Balaban J connectivity index is 1.71. The molecule has 2 atom stereocenters. The highest BCUT2D eigenvalue weighted by Gasteiger charge is 2.32. The van der Waals surface area contributed by atoms with E-state index in [-0.39, 0.29) is 0 Å². The molecule has 2 aromatic rings. The predicted octanol–water partition coefficient (Wildman–Crippen LogP) is 3.68. The first kappa shape index (κ1) is 14.3. The van der Waals surface area contributed by atoms with Gasteiger partial charge in [-0.25, -0.2) is 0 Å². The summed E-state index contributed by atoms with van der Waals surface area (Å²) in [7, 11) is 0. The average molecular weight is 351 g/mol. The standard InChI is InChI=1S/C16H19BrN2S/c17-16-7-6-14(20-16)10-19-9-13(8-18)15(11-19)12-4-2-1-3-5-12/h1-7,13,15H,8-11,18H2/t13-,15+/m1/s1. The number of halogens is 1. The summed E-state index contributed by atoms with van der Waals surface area (Å²) >= 11 is 5.36. The molecule has 1 aliphatic heterocycles. The third-order valence-corrected chi connectivity index (χ3v) is 5.66. The highest BCUT2D eigenvalue weighted by Crippen LogP contribution is 2.33. The van der Waals surface area contributed by atoms with Crippen molar-refractivity contribution >= 4 is 27.3 Å². The van der Waals surface area contributed by atoms with E-state index < -0.39 is 0 Å². The molecular weight excluding hydrogens is 332 g/mol. The van der Waals surface area contributed by atoms with Crippen LogP contribution in [0.15, 0.2) is 46.3 Å². The van der Waals surface area contributed by atoms with E-state index in [0.717, 1.165) is 26.2 Å². The van der Waals surface area contributed by atoms with Gasteiger partial charge in [0.15, 0.2) is 0 Å². The predicted molar refractivity (Wildman–Crippen MR) is 89.0 cm³/mol. The second kappa shape index (κ2) is 6.39. The molecule has 1 saturated heterocycles. The van der Waals surface area contributed by atoms with Gasteiger partial charge >= 0.3 is 0 Å². The van der Waals surface area contributed by atoms with E-state index in [1.165, 1.54) is 14.2 Å². The molecule has 1 aromatic carbocycles. The van der Waals surface area contributed by atoms with Gasteiger partial charge in [0.2, 0.25) is 0 Å². The highest BCUT2D eigenvalue weighted by atomic mass is 79.9. The zero-order chi connectivity index (χ0) is 13.9. The normalized spacial score (nSPS) is 23.3. The molecule has 20 heavy (non-hydrogen) atoms. The maximum Gasteiger partial charge on any atom is 0.0701 e. The van der Waals surface area contributed by atoms with E-state index in [2.05, 4.69) is 63.3 Å². The van der Waals surface area contributed by atoms with Crippen LogP contribution in [0.25, 0.3) is 0 Å². The van der Waals surface area contributed by atoms with E-state index in [0.29, 0.717) is 11.8 Å². The summed E-state index contributed by atoms with van der Waals surface area (Å²) in [5, 5.41) is 0. The van der Waals surface area contributed by atoms with Crippen LogP contribution < -0.4 is 5.73 Å². The minimum Gasteiger partial charge on any atom is -0.330 e. The second-order valence-electron chi connectivity index (χ2n) is 5.41. The number of rotatable bonds is 4. The van der Waals surface area contributed by atoms with Crippen molar-refractivity contribution in [3.05, 3.63) is 56.7 Å². The summed E-state index contributed by atoms with van der Waals surface area (Å²) in [6, 6.07) is 15.1. The van der Waals surface area contributed by atoms with E-state index >= 15 is 0 Å². The molecular formula is C16H19BrN2S. The third-order valence-electron chi connectivity index (χ3n) is 4.06. The molecule has 0 bridgehead atoms. The van der Waals surface area contributed by atoms with Crippen LogP contribution in [0.1, 0.15) is 16.4 Å². The Morgan fingerprint density at radius 2 is 1.95 bits per heavy atom. The summed E-state index contributed by atoms with van der Waals surface area (Å²) in [5.41, 5.74) is 7.42. The molecule has 2 nitrogen and oxygen atoms in total. The lowest BCUT2D eigenvalue weighted by molar-refractivity contribution is 0.319. The minimum atomic E-state index is 0.570. The maximum atomic E-state index is 5.99. The molecule has 0 radical (unpaired) electrons. The molecule has 0 spiro atoms. The molecule has 0 aliphatic carbocycles. The largest absolute Gasteiger partial charge is 0.330 e. The van der Waals surface area contributed by atoms with Crippen LogP contribution in [0, 0.1) is 5.92 Å². The van der Waals surface area contributed by atoms with Gasteiger partial charge in [0.1, 0.15) is 0 Å². The van der Waals surface area contributed by atoms with Gasteiger partial charge in [0.25, 0.3) is 0 Å². The number of nitrogens with zero attached hydrogens (tertiary/aromatic N) is 1. The molecule has 1 aromatic heterocycles. The van der Waals surface area contributed by atoms with Crippen LogP contribution in [0.5, 0.6) is 0 Å². The fraction of sp³-hybridized carbons (Fsp3) is 0.375. The lowest BCUT2D eigenvalue weighted by Crippen LogP contribution is -2.22. The Labute approximate surface area is 132 Å². The fourth-order valence-corrected chi connectivity index (χ4v) is 4.59. The number of thiophene rings is 1.